The Balaban J connectivity index is 1.89. The van der Waals surface area contributed by atoms with Crippen molar-refractivity contribution in [1.82, 2.24) is 10.2 Å². The van der Waals surface area contributed by atoms with E-state index in [4.69, 9.17) is 4.74 Å². The molecule has 98 valence electrons. The molecule has 4 heteroatoms. The molecule has 0 spiro atoms. The molecular formula is C13H24N2O2. The minimum atomic E-state index is 0.285. The summed E-state index contributed by atoms with van der Waals surface area (Å²) in [6.07, 6.45) is 5.35. The largest absolute Gasteiger partial charge is 0.384 e. The minimum Gasteiger partial charge on any atom is -0.384 e. The van der Waals surface area contributed by atoms with E-state index in [0.717, 1.165) is 19.6 Å². The van der Waals surface area contributed by atoms with Gasteiger partial charge < -0.3 is 15.0 Å². The molecule has 0 aromatic heterocycles. The minimum absolute atomic E-state index is 0.285. The van der Waals surface area contributed by atoms with Crippen LogP contribution < -0.4 is 5.32 Å². The number of amides is 1. The van der Waals surface area contributed by atoms with Gasteiger partial charge in [0.15, 0.2) is 0 Å². The molecule has 0 aromatic rings. The van der Waals surface area contributed by atoms with Gasteiger partial charge in [-0.1, -0.05) is 0 Å². The number of hydrogen-bond donors (Lipinski definition) is 1. The highest BCUT2D eigenvalue weighted by molar-refractivity contribution is 5.77. The van der Waals surface area contributed by atoms with Crippen LogP contribution in [0.3, 0.4) is 0 Å². The Kier molecular flexibility index (Phi) is 4.80. The van der Waals surface area contributed by atoms with Crippen molar-refractivity contribution >= 4 is 5.91 Å². The first-order chi connectivity index (χ1) is 8.33. The fourth-order valence-corrected chi connectivity index (χ4v) is 3.15. The summed E-state index contributed by atoms with van der Waals surface area (Å²) in [5.74, 6) is 0.998. The maximum atomic E-state index is 12.1. The van der Waals surface area contributed by atoms with Crippen LogP contribution in [0.4, 0.5) is 0 Å². The first-order valence-corrected chi connectivity index (χ1v) is 6.82. The number of hydrogen-bond acceptors (Lipinski definition) is 3. The number of carbonyl (C=O) groups is 1. The second-order valence-corrected chi connectivity index (χ2v) is 5.13. The highest BCUT2D eigenvalue weighted by atomic mass is 16.5. The lowest BCUT2D eigenvalue weighted by Crippen LogP contribution is -2.44. The van der Waals surface area contributed by atoms with Gasteiger partial charge in [0.25, 0.3) is 0 Å². The molecule has 2 fully saturated rings. The van der Waals surface area contributed by atoms with Crippen molar-refractivity contribution in [2.45, 2.75) is 38.1 Å². The van der Waals surface area contributed by atoms with E-state index in [1.807, 2.05) is 0 Å². The lowest BCUT2D eigenvalue weighted by atomic mass is 9.88. The summed E-state index contributed by atoms with van der Waals surface area (Å²) in [7, 11) is 1.65. The van der Waals surface area contributed by atoms with Gasteiger partial charge in [-0.2, -0.15) is 0 Å². The van der Waals surface area contributed by atoms with Crippen molar-refractivity contribution in [3.8, 4) is 0 Å². The second-order valence-electron chi connectivity index (χ2n) is 5.13. The molecule has 2 rings (SSSR count). The molecule has 2 aliphatic heterocycles. The van der Waals surface area contributed by atoms with E-state index in [1.54, 1.807) is 7.11 Å². The summed E-state index contributed by atoms with van der Waals surface area (Å²) in [5, 5.41) is 3.39. The zero-order chi connectivity index (χ0) is 12.1. The Labute approximate surface area is 104 Å². The van der Waals surface area contributed by atoms with Gasteiger partial charge in [-0.15, -0.1) is 0 Å². The number of piperidine rings is 1. The number of rotatable bonds is 4. The van der Waals surface area contributed by atoms with Crippen molar-refractivity contribution in [3.05, 3.63) is 0 Å². The molecule has 0 aromatic carbocycles. The van der Waals surface area contributed by atoms with E-state index < -0.39 is 0 Å². The van der Waals surface area contributed by atoms with Crippen molar-refractivity contribution in [1.29, 1.82) is 0 Å². The van der Waals surface area contributed by atoms with Gasteiger partial charge in [-0.3, -0.25) is 4.79 Å². The third-order valence-corrected chi connectivity index (χ3v) is 4.07. The molecular weight excluding hydrogens is 216 g/mol. The average molecular weight is 240 g/mol. The Morgan fingerprint density at radius 2 is 2.12 bits per heavy atom. The monoisotopic (exact) mass is 240 g/mol. The lowest BCUT2D eigenvalue weighted by molar-refractivity contribution is -0.134. The number of likely N-dealkylation sites (tertiary alicyclic amines) is 1. The second kappa shape index (κ2) is 6.36. The smallest absolute Gasteiger partial charge is 0.225 e. The zero-order valence-corrected chi connectivity index (χ0v) is 10.8. The van der Waals surface area contributed by atoms with Crippen molar-refractivity contribution in [3.63, 3.8) is 0 Å². The first kappa shape index (κ1) is 12.8. The van der Waals surface area contributed by atoms with Crippen LogP contribution in [0.5, 0.6) is 0 Å². The van der Waals surface area contributed by atoms with Crippen molar-refractivity contribution < 1.29 is 9.53 Å². The third kappa shape index (κ3) is 3.19. The van der Waals surface area contributed by atoms with E-state index in [0.29, 0.717) is 25.0 Å². The summed E-state index contributed by atoms with van der Waals surface area (Å²) in [6.45, 7) is 3.73. The van der Waals surface area contributed by atoms with Crippen LogP contribution in [0.25, 0.3) is 0 Å². The normalized spacial score (nSPS) is 26.4. The summed E-state index contributed by atoms with van der Waals surface area (Å²) in [4.78, 5) is 14.2. The van der Waals surface area contributed by atoms with E-state index in [9.17, 15) is 4.79 Å². The quantitative estimate of drug-likeness (QED) is 0.797. The molecule has 2 saturated heterocycles. The SMILES string of the molecule is COCCC(=O)N1CCCC1C1CCNCC1. The third-order valence-electron chi connectivity index (χ3n) is 4.07. The van der Waals surface area contributed by atoms with Gasteiger partial charge in [0.05, 0.1) is 13.0 Å². The average Bonchev–Trinajstić information content (AvgIpc) is 2.86. The predicted octanol–water partition coefficient (Wildman–Crippen LogP) is 1.01. The Bertz CT molecular complexity index is 252. The van der Waals surface area contributed by atoms with Gasteiger partial charge in [0.2, 0.25) is 5.91 Å². The topological polar surface area (TPSA) is 41.6 Å². The number of methoxy groups -OCH3 is 1. The highest BCUT2D eigenvalue weighted by Gasteiger charge is 2.34. The molecule has 1 atom stereocenters. The van der Waals surface area contributed by atoms with E-state index in [2.05, 4.69) is 10.2 Å². The van der Waals surface area contributed by atoms with Crippen molar-refractivity contribution in [2.75, 3.05) is 33.4 Å². The maximum absolute atomic E-state index is 12.1. The van der Waals surface area contributed by atoms with Crippen LogP contribution in [-0.4, -0.2) is 50.2 Å². The van der Waals surface area contributed by atoms with E-state index in [-0.39, 0.29) is 5.91 Å². The first-order valence-electron chi connectivity index (χ1n) is 6.82. The van der Waals surface area contributed by atoms with Crippen molar-refractivity contribution in [2.24, 2.45) is 5.92 Å². The van der Waals surface area contributed by atoms with Crippen LogP contribution in [-0.2, 0) is 9.53 Å². The van der Waals surface area contributed by atoms with Gasteiger partial charge in [0.1, 0.15) is 0 Å². The van der Waals surface area contributed by atoms with Crippen LogP contribution >= 0.6 is 0 Å². The highest BCUT2D eigenvalue weighted by Crippen LogP contribution is 2.29. The number of ether oxygens (including phenoxy) is 1. The molecule has 4 nitrogen and oxygen atoms in total. The molecule has 0 saturated carbocycles. The fourth-order valence-electron chi connectivity index (χ4n) is 3.15. The summed E-state index contributed by atoms with van der Waals surface area (Å²) in [5.41, 5.74) is 0. The summed E-state index contributed by atoms with van der Waals surface area (Å²) >= 11 is 0. The summed E-state index contributed by atoms with van der Waals surface area (Å²) < 4.78 is 5.00. The van der Waals surface area contributed by atoms with E-state index in [1.165, 1.54) is 25.7 Å². The predicted molar refractivity (Wildman–Crippen MR) is 66.8 cm³/mol. The van der Waals surface area contributed by atoms with Gasteiger partial charge in [0, 0.05) is 19.7 Å². The number of nitrogens with one attached hydrogen (secondary N) is 1. The summed E-state index contributed by atoms with van der Waals surface area (Å²) in [6, 6.07) is 0.501. The number of carbonyl (C=O) groups excluding carboxylic acids is 1. The Morgan fingerprint density at radius 3 is 2.82 bits per heavy atom. The maximum Gasteiger partial charge on any atom is 0.225 e. The molecule has 0 aliphatic carbocycles. The molecule has 2 aliphatic rings. The molecule has 0 radical (unpaired) electrons. The van der Waals surface area contributed by atoms with Crippen LogP contribution in [0.1, 0.15) is 32.1 Å². The van der Waals surface area contributed by atoms with Gasteiger partial charge in [-0.05, 0) is 44.7 Å². The zero-order valence-electron chi connectivity index (χ0n) is 10.8. The molecule has 2 heterocycles. The lowest BCUT2D eigenvalue weighted by Gasteiger charge is -2.34. The van der Waals surface area contributed by atoms with Gasteiger partial charge >= 0.3 is 0 Å². The van der Waals surface area contributed by atoms with Crippen LogP contribution in [0.2, 0.25) is 0 Å². The number of nitrogens with zero attached hydrogens (tertiary/aromatic N) is 1. The Hall–Kier alpha value is -0.610. The molecule has 17 heavy (non-hydrogen) atoms. The van der Waals surface area contributed by atoms with Gasteiger partial charge in [-0.25, -0.2) is 0 Å². The van der Waals surface area contributed by atoms with Crippen LogP contribution in [0.15, 0.2) is 0 Å². The Morgan fingerprint density at radius 1 is 1.35 bits per heavy atom. The fraction of sp³-hybridized carbons (Fsp3) is 0.923. The molecule has 1 unspecified atom stereocenters. The standard InChI is InChI=1S/C13H24N2O2/c1-17-10-6-13(16)15-9-2-3-12(15)11-4-7-14-8-5-11/h11-12,14H,2-10H2,1H3. The molecule has 0 bridgehead atoms. The molecule has 1 N–H and O–H groups in total. The van der Waals surface area contributed by atoms with Crippen LogP contribution in [0, 0.1) is 5.92 Å². The molecule has 1 amide bonds. The van der Waals surface area contributed by atoms with E-state index >= 15 is 0 Å².